The van der Waals surface area contributed by atoms with Crippen molar-refractivity contribution < 1.29 is 5.11 Å². The van der Waals surface area contributed by atoms with Gasteiger partial charge in [0.1, 0.15) is 0 Å². The Hall–Kier alpha value is -0.0400. The minimum atomic E-state index is -0.00835. The Balaban J connectivity index is 1.82. The third-order valence-electron chi connectivity index (χ3n) is 7.08. The predicted molar refractivity (Wildman–Crippen MR) is 84.5 cm³/mol. The Kier molecular flexibility index (Phi) is 4.75. The summed E-state index contributed by atoms with van der Waals surface area (Å²) < 4.78 is 0. The molecule has 116 valence electrons. The highest BCUT2D eigenvalue weighted by Gasteiger charge is 2.54. The number of aliphatic hydroxyl groups is 1. The molecule has 3 rings (SSSR count). The van der Waals surface area contributed by atoms with Crippen LogP contribution in [0.1, 0.15) is 78.1 Å². The second-order valence-electron chi connectivity index (χ2n) is 7.88. The normalized spacial score (nSPS) is 45.8. The van der Waals surface area contributed by atoms with E-state index in [0.717, 1.165) is 42.4 Å². The molecule has 1 heteroatoms. The molecule has 0 aromatic carbocycles. The average molecular weight is 278 g/mol. The first kappa shape index (κ1) is 14.9. The molecule has 5 unspecified atom stereocenters. The lowest BCUT2D eigenvalue weighted by atomic mass is 9.65. The fraction of sp³-hybridized carbons (Fsp3) is 1.00. The lowest BCUT2D eigenvalue weighted by molar-refractivity contribution is 0.00103. The van der Waals surface area contributed by atoms with Gasteiger partial charge >= 0.3 is 0 Å². The molecule has 0 spiro atoms. The lowest BCUT2D eigenvalue weighted by Crippen LogP contribution is -2.38. The molecule has 0 aromatic heterocycles. The molecular formula is C19H34O. The molecule has 0 aromatic rings. The summed E-state index contributed by atoms with van der Waals surface area (Å²) in [6.45, 7) is 4.64. The summed E-state index contributed by atoms with van der Waals surface area (Å²) in [6.07, 6.45) is 13.6. The van der Waals surface area contributed by atoms with Crippen molar-refractivity contribution in [2.75, 3.05) is 0 Å². The van der Waals surface area contributed by atoms with Crippen LogP contribution in [0.3, 0.4) is 0 Å². The quantitative estimate of drug-likeness (QED) is 0.765. The summed E-state index contributed by atoms with van der Waals surface area (Å²) in [6, 6.07) is 0. The topological polar surface area (TPSA) is 20.2 Å². The summed E-state index contributed by atoms with van der Waals surface area (Å²) >= 11 is 0. The van der Waals surface area contributed by atoms with Crippen molar-refractivity contribution in [2.45, 2.75) is 84.2 Å². The standard InChI is InChI=1S/C19H34O/c1-3-8-18(20)17-12-7-11-15-13(4-2)14-9-5-6-10-16(14)19(15)17/h13-20H,3-12H2,1-2H3/t13?,14?,15-,16+,17?,18?,19?/m1/s1. The predicted octanol–water partition coefficient (Wildman–Crippen LogP) is 5.03. The molecule has 3 fully saturated rings. The molecule has 3 aliphatic rings. The fourth-order valence-corrected chi connectivity index (χ4v) is 6.51. The van der Waals surface area contributed by atoms with Gasteiger partial charge in [-0.15, -0.1) is 0 Å². The Morgan fingerprint density at radius 3 is 2.30 bits per heavy atom. The summed E-state index contributed by atoms with van der Waals surface area (Å²) in [5.41, 5.74) is 0. The molecule has 20 heavy (non-hydrogen) atoms. The van der Waals surface area contributed by atoms with E-state index in [1.165, 1.54) is 51.4 Å². The maximum atomic E-state index is 10.7. The van der Waals surface area contributed by atoms with Crippen LogP contribution < -0.4 is 0 Å². The Labute approximate surface area is 125 Å². The van der Waals surface area contributed by atoms with Crippen LogP contribution in [-0.2, 0) is 0 Å². The van der Waals surface area contributed by atoms with Crippen LogP contribution in [0.15, 0.2) is 0 Å². The third-order valence-corrected chi connectivity index (χ3v) is 7.08. The van der Waals surface area contributed by atoms with Gasteiger partial charge in [0.05, 0.1) is 6.10 Å². The first-order valence-corrected chi connectivity index (χ1v) is 9.46. The summed E-state index contributed by atoms with van der Waals surface area (Å²) in [7, 11) is 0. The van der Waals surface area contributed by atoms with Crippen molar-refractivity contribution >= 4 is 0 Å². The molecule has 1 nitrogen and oxygen atoms in total. The molecule has 7 atom stereocenters. The third kappa shape index (κ3) is 2.45. The highest BCUT2D eigenvalue weighted by Crippen LogP contribution is 2.60. The van der Waals surface area contributed by atoms with Crippen LogP contribution in [0.5, 0.6) is 0 Å². The number of hydrogen-bond donors (Lipinski definition) is 1. The van der Waals surface area contributed by atoms with Gasteiger partial charge in [-0.2, -0.15) is 0 Å². The summed E-state index contributed by atoms with van der Waals surface area (Å²) in [5.74, 6) is 5.44. The van der Waals surface area contributed by atoms with Crippen molar-refractivity contribution in [2.24, 2.45) is 35.5 Å². The zero-order valence-electron chi connectivity index (χ0n) is 13.6. The zero-order chi connectivity index (χ0) is 14.1. The van der Waals surface area contributed by atoms with E-state index in [4.69, 9.17) is 0 Å². The van der Waals surface area contributed by atoms with Gasteiger partial charge in [0.2, 0.25) is 0 Å². The molecule has 0 amide bonds. The van der Waals surface area contributed by atoms with Crippen LogP contribution in [0.25, 0.3) is 0 Å². The highest BCUT2D eigenvalue weighted by molar-refractivity contribution is 5.02. The molecule has 0 aliphatic heterocycles. The van der Waals surface area contributed by atoms with Crippen molar-refractivity contribution in [3.05, 3.63) is 0 Å². The van der Waals surface area contributed by atoms with E-state index in [-0.39, 0.29) is 6.10 Å². The van der Waals surface area contributed by atoms with Crippen molar-refractivity contribution in [3.8, 4) is 0 Å². The molecule has 3 aliphatic carbocycles. The van der Waals surface area contributed by atoms with E-state index in [2.05, 4.69) is 13.8 Å². The van der Waals surface area contributed by atoms with Crippen molar-refractivity contribution in [3.63, 3.8) is 0 Å². The van der Waals surface area contributed by atoms with Crippen LogP contribution >= 0.6 is 0 Å². The van der Waals surface area contributed by atoms with E-state index in [9.17, 15) is 5.11 Å². The molecule has 0 heterocycles. The van der Waals surface area contributed by atoms with E-state index in [0.29, 0.717) is 5.92 Å². The van der Waals surface area contributed by atoms with E-state index < -0.39 is 0 Å². The number of hydrogen-bond acceptors (Lipinski definition) is 1. The van der Waals surface area contributed by atoms with Gasteiger partial charge in [-0.25, -0.2) is 0 Å². The van der Waals surface area contributed by atoms with Gasteiger partial charge in [-0.3, -0.25) is 0 Å². The van der Waals surface area contributed by atoms with Crippen LogP contribution in [-0.4, -0.2) is 11.2 Å². The second kappa shape index (κ2) is 6.38. The van der Waals surface area contributed by atoms with Crippen molar-refractivity contribution in [1.82, 2.24) is 0 Å². The first-order chi connectivity index (χ1) is 9.77. The average Bonchev–Trinajstić information content (AvgIpc) is 2.81. The number of aliphatic hydroxyl groups excluding tert-OH is 1. The van der Waals surface area contributed by atoms with Gasteiger partial charge < -0.3 is 5.11 Å². The molecule has 3 saturated carbocycles. The largest absolute Gasteiger partial charge is 0.393 e. The Morgan fingerprint density at radius 2 is 1.60 bits per heavy atom. The SMILES string of the molecule is CCCC(O)C1CCC[C@@H]2C(CC)C3CCCC[C@@H]3C12. The van der Waals surface area contributed by atoms with Crippen LogP contribution in [0, 0.1) is 35.5 Å². The van der Waals surface area contributed by atoms with Crippen LogP contribution in [0.2, 0.25) is 0 Å². The zero-order valence-corrected chi connectivity index (χ0v) is 13.6. The smallest absolute Gasteiger partial charge is 0.0571 e. The van der Waals surface area contributed by atoms with Gasteiger partial charge in [0.15, 0.2) is 0 Å². The van der Waals surface area contributed by atoms with E-state index >= 15 is 0 Å². The number of rotatable bonds is 4. The minimum Gasteiger partial charge on any atom is -0.393 e. The minimum absolute atomic E-state index is 0.00835. The van der Waals surface area contributed by atoms with Gasteiger partial charge in [0, 0.05) is 0 Å². The number of fused-ring (bicyclic) bond motifs is 3. The fourth-order valence-electron chi connectivity index (χ4n) is 6.51. The van der Waals surface area contributed by atoms with Gasteiger partial charge in [-0.05, 0) is 67.6 Å². The summed E-state index contributed by atoms with van der Waals surface area (Å²) in [4.78, 5) is 0. The Bertz CT molecular complexity index is 303. The van der Waals surface area contributed by atoms with Crippen LogP contribution in [0.4, 0.5) is 0 Å². The summed E-state index contributed by atoms with van der Waals surface area (Å²) in [5, 5.41) is 10.7. The monoisotopic (exact) mass is 278 g/mol. The molecular weight excluding hydrogens is 244 g/mol. The molecule has 1 N–H and O–H groups in total. The van der Waals surface area contributed by atoms with E-state index in [1.54, 1.807) is 0 Å². The molecule has 0 saturated heterocycles. The highest BCUT2D eigenvalue weighted by atomic mass is 16.3. The first-order valence-electron chi connectivity index (χ1n) is 9.46. The van der Waals surface area contributed by atoms with Gasteiger partial charge in [0.25, 0.3) is 0 Å². The van der Waals surface area contributed by atoms with Gasteiger partial charge in [-0.1, -0.05) is 46.0 Å². The molecule has 0 radical (unpaired) electrons. The van der Waals surface area contributed by atoms with Crippen molar-refractivity contribution in [1.29, 1.82) is 0 Å². The molecule has 0 bridgehead atoms. The Morgan fingerprint density at radius 1 is 0.900 bits per heavy atom. The maximum absolute atomic E-state index is 10.7. The lowest BCUT2D eigenvalue weighted by Gasteiger charge is -2.41. The maximum Gasteiger partial charge on any atom is 0.0571 e. The second-order valence-corrected chi connectivity index (χ2v) is 7.88. The van der Waals surface area contributed by atoms with E-state index in [1.807, 2.05) is 0 Å².